The van der Waals surface area contributed by atoms with E-state index in [1.54, 1.807) is 0 Å². The van der Waals surface area contributed by atoms with Gasteiger partial charge in [0.1, 0.15) is 18.5 Å². The third-order valence-electron chi connectivity index (χ3n) is 4.02. The maximum atomic E-state index is 6.04. The van der Waals surface area contributed by atoms with Gasteiger partial charge in [-0.25, -0.2) is 0 Å². The molecule has 1 aromatic rings. The highest BCUT2D eigenvalue weighted by atomic mass is 16.5. The average molecular weight is 262 g/mol. The van der Waals surface area contributed by atoms with Crippen LogP contribution in [0.25, 0.3) is 0 Å². The first-order valence-corrected chi connectivity index (χ1v) is 7.04. The van der Waals surface area contributed by atoms with E-state index in [4.69, 9.17) is 15.2 Å². The largest absolute Gasteiger partial charge is 0.491 e. The number of benzene rings is 1. The number of aryl methyl sites for hydroxylation is 1. The van der Waals surface area contributed by atoms with Gasteiger partial charge in [-0.2, -0.15) is 0 Å². The van der Waals surface area contributed by atoms with Gasteiger partial charge in [0.05, 0.1) is 6.61 Å². The van der Waals surface area contributed by atoms with Gasteiger partial charge in [-0.15, -0.1) is 0 Å². The van der Waals surface area contributed by atoms with Crippen LogP contribution in [-0.2, 0) is 11.2 Å². The van der Waals surface area contributed by atoms with Gasteiger partial charge in [-0.05, 0) is 43.1 Å². The molecule has 1 unspecified atom stereocenters. The third-order valence-corrected chi connectivity index (χ3v) is 4.02. The summed E-state index contributed by atoms with van der Waals surface area (Å²) < 4.78 is 11.6. The lowest BCUT2D eigenvalue weighted by Crippen LogP contribution is -2.42. The third kappa shape index (κ3) is 2.91. The molecular weight excluding hydrogens is 240 g/mol. The Labute approximate surface area is 114 Å². The summed E-state index contributed by atoms with van der Waals surface area (Å²) in [6.45, 7) is 3.36. The van der Waals surface area contributed by atoms with Crippen molar-refractivity contribution in [1.82, 2.24) is 4.90 Å². The molecule has 4 heteroatoms. The van der Waals surface area contributed by atoms with E-state index in [0.29, 0.717) is 6.61 Å². The quantitative estimate of drug-likeness (QED) is 0.893. The minimum absolute atomic E-state index is 0.175. The summed E-state index contributed by atoms with van der Waals surface area (Å²) in [5.74, 6) is 0.935. The smallest absolute Gasteiger partial charge is 0.119 e. The molecule has 2 N–H and O–H groups in total. The molecule has 1 saturated heterocycles. The zero-order chi connectivity index (χ0) is 13.2. The molecule has 4 nitrogen and oxygen atoms in total. The fraction of sp³-hybridized carbons (Fsp3) is 0.600. The highest BCUT2D eigenvalue weighted by Gasteiger charge is 2.21. The Bertz CT molecular complexity index is 450. The van der Waals surface area contributed by atoms with Gasteiger partial charge in [-0.1, -0.05) is 6.07 Å². The fourth-order valence-electron chi connectivity index (χ4n) is 2.87. The zero-order valence-electron chi connectivity index (χ0n) is 11.5. The second-order valence-corrected chi connectivity index (χ2v) is 5.57. The van der Waals surface area contributed by atoms with Gasteiger partial charge >= 0.3 is 0 Å². The first kappa shape index (κ1) is 12.9. The Morgan fingerprint density at radius 1 is 1.47 bits per heavy atom. The number of fused-ring (bicyclic) bond motifs is 1. The van der Waals surface area contributed by atoms with E-state index in [-0.39, 0.29) is 12.1 Å². The number of morpholine rings is 1. The molecule has 1 heterocycles. The zero-order valence-corrected chi connectivity index (χ0v) is 11.5. The van der Waals surface area contributed by atoms with Crippen molar-refractivity contribution in [3.05, 3.63) is 29.3 Å². The summed E-state index contributed by atoms with van der Waals surface area (Å²) in [7, 11) is 2.12. The Morgan fingerprint density at radius 2 is 2.37 bits per heavy atom. The van der Waals surface area contributed by atoms with Crippen LogP contribution in [0.4, 0.5) is 0 Å². The molecule has 1 fully saturated rings. The van der Waals surface area contributed by atoms with Crippen LogP contribution in [0.5, 0.6) is 5.75 Å². The van der Waals surface area contributed by atoms with Crippen LogP contribution in [-0.4, -0.2) is 44.4 Å². The minimum Gasteiger partial charge on any atom is -0.491 e. The molecule has 19 heavy (non-hydrogen) atoms. The lowest BCUT2D eigenvalue weighted by atomic mass is 10.1. The molecule has 1 aliphatic heterocycles. The highest BCUT2D eigenvalue weighted by molar-refractivity contribution is 5.40. The summed E-state index contributed by atoms with van der Waals surface area (Å²) in [6, 6.07) is 6.47. The van der Waals surface area contributed by atoms with Crippen molar-refractivity contribution in [2.45, 2.75) is 25.0 Å². The Kier molecular flexibility index (Phi) is 3.73. The first-order chi connectivity index (χ1) is 9.22. The summed E-state index contributed by atoms with van der Waals surface area (Å²) in [6.07, 6.45) is 2.29. The maximum absolute atomic E-state index is 6.04. The lowest BCUT2D eigenvalue weighted by molar-refractivity contribution is -0.0403. The standard InChI is InChI=1S/C15H22N2O2/c1-17-6-7-18-13(9-17)10-19-12-3-4-14-11(8-12)2-5-15(14)16/h3-4,8,13,15H,2,5-7,9-10,16H2,1H3/t13?,15-/m0/s1. The molecule has 3 rings (SSSR count). The maximum Gasteiger partial charge on any atom is 0.119 e. The molecule has 0 radical (unpaired) electrons. The molecule has 0 spiro atoms. The van der Waals surface area contributed by atoms with E-state index >= 15 is 0 Å². The van der Waals surface area contributed by atoms with Gasteiger partial charge in [0.15, 0.2) is 0 Å². The van der Waals surface area contributed by atoms with Crippen molar-refractivity contribution < 1.29 is 9.47 Å². The highest BCUT2D eigenvalue weighted by Crippen LogP contribution is 2.31. The van der Waals surface area contributed by atoms with Crippen LogP contribution in [0.1, 0.15) is 23.6 Å². The van der Waals surface area contributed by atoms with Crippen LogP contribution >= 0.6 is 0 Å². The number of hydrogen-bond acceptors (Lipinski definition) is 4. The van der Waals surface area contributed by atoms with Crippen LogP contribution < -0.4 is 10.5 Å². The molecule has 0 saturated carbocycles. The van der Waals surface area contributed by atoms with Gasteiger partial charge < -0.3 is 20.1 Å². The normalized spacial score (nSPS) is 27.3. The summed E-state index contributed by atoms with van der Waals surface area (Å²) >= 11 is 0. The van der Waals surface area contributed by atoms with E-state index in [1.807, 2.05) is 6.07 Å². The van der Waals surface area contributed by atoms with Gasteiger partial charge in [0, 0.05) is 19.1 Å². The minimum atomic E-state index is 0.175. The van der Waals surface area contributed by atoms with Crippen molar-refractivity contribution in [3.8, 4) is 5.75 Å². The van der Waals surface area contributed by atoms with Crippen molar-refractivity contribution in [1.29, 1.82) is 0 Å². The first-order valence-electron chi connectivity index (χ1n) is 7.04. The molecule has 2 aliphatic rings. The molecule has 1 aromatic carbocycles. The van der Waals surface area contributed by atoms with Crippen molar-refractivity contribution in [2.24, 2.45) is 5.73 Å². The summed E-state index contributed by atoms with van der Waals surface area (Å²) in [5, 5.41) is 0. The van der Waals surface area contributed by atoms with Gasteiger partial charge in [0.25, 0.3) is 0 Å². The number of nitrogens with zero attached hydrogens (tertiary/aromatic N) is 1. The van der Waals surface area contributed by atoms with Crippen LogP contribution in [0.15, 0.2) is 18.2 Å². The number of likely N-dealkylation sites (N-methyl/N-ethyl adjacent to an activating group) is 1. The second-order valence-electron chi connectivity index (χ2n) is 5.57. The van der Waals surface area contributed by atoms with Crippen molar-refractivity contribution >= 4 is 0 Å². The van der Waals surface area contributed by atoms with Gasteiger partial charge in [0.2, 0.25) is 0 Å². The predicted octanol–water partition coefficient (Wildman–Crippen LogP) is 1.34. The van der Waals surface area contributed by atoms with E-state index < -0.39 is 0 Å². The van der Waals surface area contributed by atoms with E-state index in [0.717, 1.165) is 38.3 Å². The Balaban J connectivity index is 1.58. The number of ether oxygens (including phenoxy) is 2. The van der Waals surface area contributed by atoms with E-state index in [9.17, 15) is 0 Å². The summed E-state index contributed by atoms with van der Waals surface area (Å²) in [4.78, 5) is 2.28. The molecule has 0 amide bonds. The van der Waals surface area contributed by atoms with Crippen LogP contribution in [0.3, 0.4) is 0 Å². The number of nitrogens with two attached hydrogens (primary N) is 1. The van der Waals surface area contributed by atoms with Crippen molar-refractivity contribution in [3.63, 3.8) is 0 Å². The van der Waals surface area contributed by atoms with Crippen molar-refractivity contribution in [2.75, 3.05) is 33.4 Å². The van der Waals surface area contributed by atoms with Gasteiger partial charge in [-0.3, -0.25) is 0 Å². The van der Waals surface area contributed by atoms with E-state index in [2.05, 4.69) is 24.1 Å². The lowest BCUT2D eigenvalue weighted by Gasteiger charge is -2.29. The Morgan fingerprint density at radius 3 is 3.21 bits per heavy atom. The topological polar surface area (TPSA) is 47.7 Å². The molecule has 104 valence electrons. The Hall–Kier alpha value is -1.10. The second kappa shape index (κ2) is 5.49. The summed E-state index contributed by atoms with van der Waals surface area (Å²) in [5.41, 5.74) is 8.65. The molecule has 2 atom stereocenters. The number of rotatable bonds is 3. The van der Waals surface area contributed by atoms with E-state index in [1.165, 1.54) is 11.1 Å². The number of hydrogen-bond donors (Lipinski definition) is 1. The molecular formula is C15H22N2O2. The molecule has 0 bridgehead atoms. The van der Waals surface area contributed by atoms with Crippen LogP contribution in [0.2, 0.25) is 0 Å². The predicted molar refractivity (Wildman–Crippen MR) is 74.4 cm³/mol. The van der Waals surface area contributed by atoms with Crippen LogP contribution in [0, 0.1) is 0 Å². The monoisotopic (exact) mass is 262 g/mol. The SMILES string of the molecule is CN1CCOC(COc2ccc3c(c2)CC[C@@H]3N)C1. The average Bonchev–Trinajstić information content (AvgIpc) is 2.78. The fourth-order valence-corrected chi connectivity index (χ4v) is 2.87. The molecule has 1 aliphatic carbocycles. The molecule has 0 aromatic heterocycles.